The highest BCUT2D eigenvalue weighted by Crippen LogP contribution is 2.36. The SMILES string of the molecule is C[C@H](NC(=O)CN1C(=O)N[C@@](C)(C2CCCCC2)C1=O)c1ccc2c(c1)CCCC2. The lowest BCUT2D eigenvalue weighted by atomic mass is 9.75. The molecule has 0 aromatic heterocycles. The first-order valence-corrected chi connectivity index (χ1v) is 11.4. The Kier molecular flexibility index (Phi) is 5.85. The first-order valence-electron chi connectivity index (χ1n) is 11.4. The first kappa shape index (κ1) is 20.9. The van der Waals surface area contributed by atoms with Gasteiger partial charge < -0.3 is 10.6 Å². The molecule has 4 amide bonds. The van der Waals surface area contributed by atoms with Crippen molar-refractivity contribution in [1.29, 1.82) is 0 Å². The summed E-state index contributed by atoms with van der Waals surface area (Å²) >= 11 is 0. The van der Waals surface area contributed by atoms with Crippen LogP contribution in [-0.2, 0) is 22.4 Å². The molecule has 2 atom stereocenters. The van der Waals surface area contributed by atoms with Gasteiger partial charge in [0, 0.05) is 0 Å². The molecule has 1 aromatic carbocycles. The zero-order chi connectivity index (χ0) is 21.3. The predicted molar refractivity (Wildman–Crippen MR) is 115 cm³/mol. The Labute approximate surface area is 178 Å². The van der Waals surface area contributed by atoms with Crippen LogP contribution in [0.4, 0.5) is 4.79 Å². The molecule has 1 aromatic rings. The predicted octanol–water partition coefficient (Wildman–Crippen LogP) is 3.63. The van der Waals surface area contributed by atoms with E-state index in [4.69, 9.17) is 0 Å². The number of amides is 4. The number of carbonyl (C=O) groups is 3. The van der Waals surface area contributed by atoms with Gasteiger partial charge in [0.2, 0.25) is 5.91 Å². The summed E-state index contributed by atoms with van der Waals surface area (Å²) in [6.45, 7) is 3.53. The Morgan fingerprint density at radius 2 is 1.83 bits per heavy atom. The zero-order valence-corrected chi connectivity index (χ0v) is 18.1. The molecule has 1 saturated heterocycles. The van der Waals surface area contributed by atoms with Crippen molar-refractivity contribution in [3.63, 3.8) is 0 Å². The van der Waals surface area contributed by atoms with E-state index in [-0.39, 0.29) is 30.3 Å². The zero-order valence-electron chi connectivity index (χ0n) is 18.1. The molecule has 0 spiro atoms. The Morgan fingerprint density at radius 3 is 2.57 bits per heavy atom. The molecule has 6 heteroatoms. The van der Waals surface area contributed by atoms with E-state index in [0.29, 0.717) is 0 Å². The van der Waals surface area contributed by atoms with Crippen molar-refractivity contribution in [2.24, 2.45) is 5.92 Å². The smallest absolute Gasteiger partial charge is 0.325 e. The number of benzene rings is 1. The maximum atomic E-state index is 13.1. The van der Waals surface area contributed by atoms with Crippen LogP contribution in [-0.4, -0.2) is 34.8 Å². The maximum Gasteiger partial charge on any atom is 0.325 e. The van der Waals surface area contributed by atoms with Gasteiger partial charge in [-0.15, -0.1) is 0 Å². The van der Waals surface area contributed by atoms with Crippen LogP contribution in [0.3, 0.4) is 0 Å². The van der Waals surface area contributed by atoms with Crippen molar-refractivity contribution in [2.75, 3.05) is 6.54 Å². The molecule has 6 nitrogen and oxygen atoms in total. The fourth-order valence-corrected chi connectivity index (χ4v) is 5.35. The lowest BCUT2D eigenvalue weighted by molar-refractivity contribution is -0.136. The minimum absolute atomic E-state index is 0.144. The van der Waals surface area contributed by atoms with Crippen LogP contribution in [0.5, 0.6) is 0 Å². The Balaban J connectivity index is 1.38. The first-order chi connectivity index (χ1) is 14.4. The molecule has 30 heavy (non-hydrogen) atoms. The van der Waals surface area contributed by atoms with Gasteiger partial charge in [-0.25, -0.2) is 4.79 Å². The molecule has 3 aliphatic rings. The molecule has 0 radical (unpaired) electrons. The Morgan fingerprint density at radius 1 is 1.13 bits per heavy atom. The molecule has 0 unspecified atom stereocenters. The normalized spacial score (nSPS) is 25.6. The lowest BCUT2D eigenvalue weighted by Crippen LogP contribution is -2.51. The summed E-state index contributed by atoms with van der Waals surface area (Å²) in [5, 5.41) is 5.85. The quantitative estimate of drug-likeness (QED) is 0.726. The van der Waals surface area contributed by atoms with Gasteiger partial charge in [0.15, 0.2) is 0 Å². The van der Waals surface area contributed by atoms with E-state index in [1.165, 1.54) is 30.4 Å². The molecule has 1 heterocycles. The summed E-state index contributed by atoms with van der Waals surface area (Å²) in [6, 6.07) is 5.80. The Bertz CT molecular complexity index is 846. The third-order valence-electron chi connectivity index (χ3n) is 7.27. The van der Waals surface area contributed by atoms with Gasteiger partial charge in [-0.3, -0.25) is 14.5 Å². The van der Waals surface area contributed by atoms with Gasteiger partial charge in [-0.1, -0.05) is 37.5 Å². The number of nitrogens with one attached hydrogen (secondary N) is 2. The Hall–Kier alpha value is -2.37. The van der Waals surface area contributed by atoms with E-state index < -0.39 is 11.6 Å². The molecule has 1 aliphatic heterocycles. The largest absolute Gasteiger partial charge is 0.348 e. The molecule has 2 fully saturated rings. The van der Waals surface area contributed by atoms with Crippen molar-refractivity contribution in [3.05, 3.63) is 34.9 Å². The summed E-state index contributed by atoms with van der Waals surface area (Å²) in [4.78, 5) is 39.3. The fraction of sp³-hybridized carbons (Fsp3) is 0.625. The number of hydrogen-bond acceptors (Lipinski definition) is 3. The topological polar surface area (TPSA) is 78.5 Å². The average Bonchev–Trinajstić information content (AvgIpc) is 2.98. The number of nitrogens with zero attached hydrogens (tertiary/aromatic N) is 1. The number of hydrogen-bond donors (Lipinski definition) is 2. The van der Waals surface area contributed by atoms with Crippen LogP contribution >= 0.6 is 0 Å². The van der Waals surface area contributed by atoms with Crippen LogP contribution in [0.1, 0.15) is 81.5 Å². The maximum absolute atomic E-state index is 13.1. The molecular formula is C24H33N3O3. The van der Waals surface area contributed by atoms with Crippen LogP contribution in [0, 0.1) is 5.92 Å². The summed E-state index contributed by atoms with van der Waals surface area (Å²) in [5.74, 6) is -0.433. The molecule has 2 aliphatic carbocycles. The number of aryl methyl sites for hydroxylation is 2. The second-order valence-electron chi connectivity index (χ2n) is 9.38. The number of fused-ring (bicyclic) bond motifs is 1. The van der Waals surface area contributed by atoms with Gasteiger partial charge in [-0.2, -0.15) is 0 Å². The molecule has 4 rings (SSSR count). The van der Waals surface area contributed by atoms with Crippen LogP contribution < -0.4 is 10.6 Å². The lowest BCUT2D eigenvalue weighted by Gasteiger charge is -2.34. The van der Waals surface area contributed by atoms with Crippen LogP contribution in [0.15, 0.2) is 18.2 Å². The average molecular weight is 412 g/mol. The van der Waals surface area contributed by atoms with E-state index >= 15 is 0 Å². The molecule has 0 bridgehead atoms. The minimum atomic E-state index is -0.887. The number of carbonyl (C=O) groups excluding carboxylic acids is 3. The van der Waals surface area contributed by atoms with Gasteiger partial charge >= 0.3 is 6.03 Å². The minimum Gasteiger partial charge on any atom is -0.348 e. The van der Waals surface area contributed by atoms with Crippen molar-refractivity contribution in [2.45, 2.75) is 83.2 Å². The highest BCUT2D eigenvalue weighted by molar-refractivity contribution is 6.09. The number of rotatable bonds is 5. The highest BCUT2D eigenvalue weighted by Gasteiger charge is 2.52. The second kappa shape index (κ2) is 8.40. The molecule has 1 saturated carbocycles. The van der Waals surface area contributed by atoms with Gasteiger partial charge in [0.1, 0.15) is 12.1 Å². The third kappa shape index (κ3) is 3.96. The van der Waals surface area contributed by atoms with E-state index in [1.807, 2.05) is 13.8 Å². The summed E-state index contributed by atoms with van der Waals surface area (Å²) < 4.78 is 0. The third-order valence-corrected chi connectivity index (χ3v) is 7.27. The van der Waals surface area contributed by atoms with E-state index in [1.54, 1.807) is 0 Å². The van der Waals surface area contributed by atoms with Gasteiger partial charge in [-0.05, 0) is 75.0 Å². The van der Waals surface area contributed by atoms with E-state index in [9.17, 15) is 14.4 Å². The van der Waals surface area contributed by atoms with Crippen molar-refractivity contribution in [1.82, 2.24) is 15.5 Å². The van der Waals surface area contributed by atoms with E-state index in [2.05, 4.69) is 28.8 Å². The van der Waals surface area contributed by atoms with Crippen molar-refractivity contribution < 1.29 is 14.4 Å². The highest BCUT2D eigenvalue weighted by atomic mass is 16.2. The second-order valence-corrected chi connectivity index (χ2v) is 9.38. The fourth-order valence-electron chi connectivity index (χ4n) is 5.35. The van der Waals surface area contributed by atoms with Crippen molar-refractivity contribution in [3.8, 4) is 0 Å². The number of urea groups is 1. The molecule has 162 valence electrons. The standard InChI is InChI=1S/C24H33N3O3/c1-16(18-13-12-17-8-6-7-9-19(17)14-18)25-21(28)15-27-22(29)24(2,26-23(27)30)20-10-4-3-5-11-20/h12-14,16,20H,3-11,15H2,1-2H3,(H,25,28)(H,26,30)/t16-,24-/m0/s1. The van der Waals surface area contributed by atoms with Crippen molar-refractivity contribution >= 4 is 17.8 Å². The van der Waals surface area contributed by atoms with Gasteiger partial charge in [0.25, 0.3) is 5.91 Å². The van der Waals surface area contributed by atoms with Crippen LogP contribution in [0.25, 0.3) is 0 Å². The van der Waals surface area contributed by atoms with Crippen LogP contribution in [0.2, 0.25) is 0 Å². The molecular weight excluding hydrogens is 378 g/mol. The molecule has 2 N–H and O–H groups in total. The summed E-state index contributed by atoms with van der Waals surface area (Å²) in [5.41, 5.74) is 2.96. The monoisotopic (exact) mass is 411 g/mol. The van der Waals surface area contributed by atoms with Gasteiger partial charge in [0.05, 0.1) is 6.04 Å². The summed E-state index contributed by atoms with van der Waals surface area (Å²) in [7, 11) is 0. The number of imide groups is 1. The van der Waals surface area contributed by atoms with E-state index in [0.717, 1.165) is 49.0 Å². The summed E-state index contributed by atoms with van der Waals surface area (Å²) in [6.07, 6.45) is 9.91.